The second kappa shape index (κ2) is 5.98. The molecule has 120 valence electrons. The lowest BCUT2D eigenvalue weighted by Crippen LogP contribution is -1.97. The molecule has 1 aliphatic rings. The number of rotatable bonds is 4. The summed E-state index contributed by atoms with van der Waals surface area (Å²) in [6, 6.07) is 13.3. The van der Waals surface area contributed by atoms with Crippen LogP contribution in [0.2, 0.25) is 0 Å². The molecule has 1 aliphatic heterocycles. The second-order valence-corrected chi connectivity index (χ2v) is 6.37. The standard InChI is InChI=1S/C18H13NO4S/c20-17(21)9-12(18-19-13-3-1-2-4-16(13)24-18)7-11-5-6-14-15(8-11)23-10-22-14/h1-8H,9-10H2,(H,20,21). The molecule has 0 amide bonds. The number of nitrogens with zero attached hydrogens (tertiary/aromatic N) is 1. The number of carboxylic acid groups (broad SMARTS) is 1. The van der Waals surface area contributed by atoms with Crippen LogP contribution in [0.1, 0.15) is 17.0 Å². The number of thiazole rings is 1. The van der Waals surface area contributed by atoms with Gasteiger partial charge in [-0.3, -0.25) is 4.79 Å². The van der Waals surface area contributed by atoms with E-state index in [1.807, 2.05) is 48.5 Å². The van der Waals surface area contributed by atoms with Crippen LogP contribution in [-0.4, -0.2) is 22.9 Å². The Morgan fingerprint density at radius 3 is 2.88 bits per heavy atom. The van der Waals surface area contributed by atoms with E-state index in [-0.39, 0.29) is 13.2 Å². The highest BCUT2D eigenvalue weighted by Crippen LogP contribution is 2.35. The number of aromatic nitrogens is 1. The maximum atomic E-state index is 11.3. The molecule has 3 aromatic rings. The lowest BCUT2D eigenvalue weighted by Gasteiger charge is -2.03. The predicted octanol–water partition coefficient (Wildman–Crippen LogP) is 4.04. The monoisotopic (exact) mass is 339 g/mol. The lowest BCUT2D eigenvalue weighted by molar-refractivity contribution is -0.135. The fourth-order valence-corrected chi connectivity index (χ4v) is 3.54. The molecule has 4 rings (SSSR count). The van der Waals surface area contributed by atoms with E-state index < -0.39 is 5.97 Å². The Morgan fingerprint density at radius 2 is 2.04 bits per heavy atom. The van der Waals surface area contributed by atoms with E-state index >= 15 is 0 Å². The summed E-state index contributed by atoms with van der Waals surface area (Å²) in [7, 11) is 0. The molecule has 0 saturated carbocycles. The zero-order chi connectivity index (χ0) is 16.5. The summed E-state index contributed by atoms with van der Waals surface area (Å²) >= 11 is 1.49. The number of benzene rings is 2. The third-order valence-corrected chi connectivity index (χ3v) is 4.76. The van der Waals surface area contributed by atoms with E-state index in [0.29, 0.717) is 17.1 Å². The summed E-state index contributed by atoms with van der Waals surface area (Å²) < 4.78 is 11.7. The van der Waals surface area contributed by atoms with Crippen molar-refractivity contribution in [2.75, 3.05) is 6.79 Å². The van der Waals surface area contributed by atoms with Crippen LogP contribution in [0.15, 0.2) is 42.5 Å². The molecule has 0 fully saturated rings. The fraction of sp³-hybridized carbons (Fsp3) is 0.111. The number of hydrogen-bond donors (Lipinski definition) is 1. The van der Waals surface area contributed by atoms with Gasteiger partial charge >= 0.3 is 5.97 Å². The van der Waals surface area contributed by atoms with Gasteiger partial charge in [-0.05, 0) is 41.5 Å². The van der Waals surface area contributed by atoms with Crippen LogP contribution in [0.4, 0.5) is 0 Å². The molecule has 2 aromatic carbocycles. The molecule has 0 atom stereocenters. The van der Waals surface area contributed by atoms with Crippen molar-refractivity contribution in [2.45, 2.75) is 6.42 Å². The first kappa shape index (κ1) is 14.7. The molecule has 1 N–H and O–H groups in total. The zero-order valence-electron chi connectivity index (χ0n) is 12.6. The zero-order valence-corrected chi connectivity index (χ0v) is 13.4. The number of fused-ring (bicyclic) bond motifs is 2. The van der Waals surface area contributed by atoms with Gasteiger partial charge in [-0.1, -0.05) is 18.2 Å². The van der Waals surface area contributed by atoms with Gasteiger partial charge in [0.2, 0.25) is 6.79 Å². The lowest BCUT2D eigenvalue weighted by atomic mass is 10.1. The molecule has 1 aromatic heterocycles. The summed E-state index contributed by atoms with van der Waals surface area (Å²) in [5.74, 6) is 0.482. The van der Waals surface area contributed by atoms with Gasteiger partial charge in [0.25, 0.3) is 0 Å². The first-order chi connectivity index (χ1) is 11.7. The number of para-hydroxylation sites is 1. The quantitative estimate of drug-likeness (QED) is 0.777. The van der Waals surface area contributed by atoms with Crippen LogP contribution in [-0.2, 0) is 4.79 Å². The Hall–Kier alpha value is -2.86. The summed E-state index contributed by atoms with van der Waals surface area (Å²) in [4.78, 5) is 15.8. The van der Waals surface area contributed by atoms with Gasteiger partial charge in [-0.15, -0.1) is 11.3 Å². The van der Waals surface area contributed by atoms with Crippen molar-refractivity contribution in [1.29, 1.82) is 0 Å². The second-order valence-electron chi connectivity index (χ2n) is 5.34. The number of hydrogen-bond acceptors (Lipinski definition) is 5. The normalized spacial score (nSPS) is 13.4. The van der Waals surface area contributed by atoms with Crippen molar-refractivity contribution >= 4 is 39.2 Å². The number of ether oxygens (including phenoxy) is 2. The van der Waals surface area contributed by atoms with Gasteiger partial charge in [0.05, 0.1) is 16.6 Å². The molecule has 24 heavy (non-hydrogen) atoms. The topological polar surface area (TPSA) is 68.7 Å². The van der Waals surface area contributed by atoms with E-state index in [9.17, 15) is 9.90 Å². The van der Waals surface area contributed by atoms with Crippen LogP contribution in [0.25, 0.3) is 21.9 Å². The third kappa shape index (κ3) is 2.83. The van der Waals surface area contributed by atoms with Gasteiger partial charge in [0.15, 0.2) is 11.5 Å². The van der Waals surface area contributed by atoms with E-state index in [1.165, 1.54) is 11.3 Å². The van der Waals surface area contributed by atoms with Crippen molar-refractivity contribution < 1.29 is 19.4 Å². The highest BCUT2D eigenvalue weighted by atomic mass is 32.1. The maximum Gasteiger partial charge on any atom is 0.307 e. The van der Waals surface area contributed by atoms with Crippen LogP contribution >= 0.6 is 11.3 Å². The van der Waals surface area contributed by atoms with Crippen LogP contribution in [0, 0.1) is 0 Å². The number of carbonyl (C=O) groups is 1. The van der Waals surface area contributed by atoms with E-state index in [0.717, 1.165) is 20.8 Å². The number of carboxylic acids is 1. The molecule has 5 nitrogen and oxygen atoms in total. The molecule has 0 saturated heterocycles. The van der Waals surface area contributed by atoms with Crippen molar-refractivity contribution in [1.82, 2.24) is 4.98 Å². The summed E-state index contributed by atoms with van der Waals surface area (Å²) in [5, 5.41) is 9.96. The Morgan fingerprint density at radius 1 is 1.21 bits per heavy atom. The van der Waals surface area contributed by atoms with Crippen LogP contribution in [0.5, 0.6) is 11.5 Å². The maximum absolute atomic E-state index is 11.3. The fourth-order valence-electron chi connectivity index (χ4n) is 2.56. The molecule has 0 radical (unpaired) electrons. The van der Waals surface area contributed by atoms with Crippen LogP contribution < -0.4 is 9.47 Å². The molecule has 0 spiro atoms. The van der Waals surface area contributed by atoms with E-state index in [4.69, 9.17) is 9.47 Å². The molecule has 0 aliphatic carbocycles. The molecule has 0 unspecified atom stereocenters. The molecule has 0 bridgehead atoms. The first-order valence-electron chi connectivity index (χ1n) is 7.37. The van der Waals surface area contributed by atoms with Crippen molar-refractivity contribution in [3.63, 3.8) is 0 Å². The molecule has 2 heterocycles. The van der Waals surface area contributed by atoms with Crippen molar-refractivity contribution in [3.05, 3.63) is 53.0 Å². The average Bonchev–Trinajstić information content (AvgIpc) is 3.19. The van der Waals surface area contributed by atoms with E-state index in [1.54, 1.807) is 0 Å². The third-order valence-electron chi connectivity index (χ3n) is 3.65. The predicted molar refractivity (Wildman–Crippen MR) is 92.3 cm³/mol. The molecule has 6 heteroatoms. The smallest absolute Gasteiger partial charge is 0.307 e. The number of aliphatic carboxylic acids is 1. The average molecular weight is 339 g/mol. The van der Waals surface area contributed by atoms with Gasteiger partial charge in [0, 0.05) is 0 Å². The highest BCUT2D eigenvalue weighted by Gasteiger charge is 2.15. The van der Waals surface area contributed by atoms with Gasteiger partial charge in [-0.25, -0.2) is 4.98 Å². The Kier molecular flexibility index (Phi) is 3.66. The van der Waals surface area contributed by atoms with Gasteiger partial charge in [0.1, 0.15) is 5.01 Å². The van der Waals surface area contributed by atoms with Crippen molar-refractivity contribution in [2.24, 2.45) is 0 Å². The Labute approximate surface area is 141 Å². The summed E-state index contributed by atoms with van der Waals surface area (Å²) in [6.45, 7) is 0.211. The Bertz CT molecular complexity index is 928. The van der Waals surface area contributed by atoms with Crippen molar-refractivity contribution in [3.8, 4) is 11.5 Å². The van der Waals surface area contributed by atoms with Gasteiger partial charge < -0.3 is 14.6 Å². The first-order valence-corrected chi connectivity index (χ1v) is 8.19. The van der Waals surface area contributed by atoms with Gasteiger partial charge in [-0.2, -0.15) is 0 Å². The summed E-state index contributed by atoms with van der Waals surface area (Å²) in [5.41, 5.74) is 2.40. The Balaban J connectivity index is 1.77. The minimum absolute atomic E-state index is 0.0890. The highest BCUT2D eigenvalue weighted by molar-refractivity contribution is 7.19. The minimum Gasteiger partial charge on any atom is -0.481 e. The minimum atomic E-state index is -0.888. The van der Waals surface area contributed by atoms with E-state index in [2.05, 4.69) is 4.98 Å². The van der Waals surface area contributed by atoms with Crippen LogP contribution in [0.3, 0.4) is 0 Å². The SMILES string of the molecule is O=C(O)CC(=Cc1ccc2c(c1)OCO2)c1nc2ccccc2s1. The summed E-state index contributed by atoms with van der Waals surface area (Å²) in [6.07, 6.45) is 1.75. The molecular weight excluding hydrogens is 326 g/mol. The largest absolute Gasteiger partial charge is 0.481 e. The molecular formula is C18H13NO4S.